The molecule has 1 fully saturated rings. The number of benzene rings is 2. The van der Waals surface area contributed by atoms with Crippen molar-refractivity contribution in [2.45, 2.75) is 31.8 Å². The molecule has 1 aliphatic rings. The third kappa shape index (κ3) is 4.45. The molecule has 0 spiro atoms. The molecule has 0 radical (unpaired) electrons. The van der Waals surface area contributed by atoms with Crippen molar-refractivity contribution in [3.05, 3.63) is 64.7 Å². The quantitative estimate of drug-likeness (QED) is 0.774. The van der Waals surface area contributed by atoms with Crippen LogP contribution in [0.1, 0.15) is 43.0 Å². The Morgan fingerprint density at radius 3 is 2.44 bits per heavy atom. The summed E-state index contributed by atoms with van der Waals surface area (Å²) in [6.07, 6.45) is 2.27. The molecule has 1 aliphatic carbocycles. The summed E-state index contributed by atoms with van der Waals surface area (Å²) in [5, 5.41) is 6.83. The largest absolute Gasteiger partial charge is 0.496 e. The number of para-hydroxylation sites is 1. The average molecular weight is 359 g/mol. The van der Waals surface area contributed by atoms with Crippen LogP contribution in [0.4, 0.5) is 4.79 Å². The van der Waals surface area contributed by atoms with E-state index in [1.165, 1.54) is 0 Å². The maximum absolute atomic E-state index is 12.5. The third-order valence-electron chi connectivity index (χ3n) is 4.56. The van der Waals surface area contributed by atoms with Gasteiger partial charge in [-0.1, -0.05) is 41.9 Å². The molecule has 2 aromatic rings. The predicted molar refractivity (Wildman–Crippen MR) is 100.0 cm³/mol. The molecule has 0 bridgehead atoms. The van der Waals surface area contributed by atoms with E-state index in [1.807, 2.05) is 55.5 Å². The van der Waals surface area contributed by atoms with E-state index in [2.05, 4.69) is 10.6 Å². The van der Waals surface area contributed by atoms with E-state index in [0.29, 0.717) is 10.9 Å². The Morgan fingerprint density at radius 2 is 1.80 bits per heavy atom. The smallest absolute Gasteiger partial charge is 0.315 e. The highest BCUT2D eigenvalue weighted by Gasteiger charge is 2.33. The van der Waals surface area contributed by atoms with Crippen LogP contribution in [0, 0.1) is 5.92 Å². The lowest BCUT2D eigenvalue weighted by molar-refractivity contribution is 0.232. The van der Waals surface area contributed by atoms with Crippen LogP contribution in [0.5, 0.6) is 5.75 Å². The summed E-state index contributed by atoms with van der Waals surface area (Å²) in [4.78, 5) is 12.5. The molecule has 0 aromatic heterocycles. The van der Waals surface area contributed by atoms with Gasteiger partial charge in [0.15, 0.2) is 0 Å². The first-order valence-electron chi connectivity index (χ1n) is 8.54. The topological polar surface area (TPSA) is 50.4 Å². The van der Waals surface area contributed by atoms with Crippen LogP contribution in [-0.2, 0) is 0 Å². The van der Waals surface area contributed by atoms with E-state index in [-0.39, 0.29) is 18.1 Å². The maximum atomic E-state index is 12.5. The molecule has 0 unspecified atom stereocenters. The molecule has 132 valence electrons. The molecule has 4 nitrogen and oxygen atoms in total. The molecule has 5 heteroatoms. The number of methoxy groups -OCH3 is 1. The van der Waals surface area contributed by atoms with Crippen LogP contribution >= 0.6 is 11.6 Å². The Kier molecular flexibility index (Phi) is 5.49. The van der Waals surface area contributed by atoms with Gasteiger partial charge in [0.05, 0.1) is 19.2 Å². The van der Waals surface area contributed by atoms with Gasteiger partial charge in [0.2, 0.25) is 0 Å². The van der Waals surface area contributed by atoms with E-state index in [0.717, 1.165) is 29.7 Å². The lowest BCUT2D eigenvalue weighted by Crippen LogP contribution is -2.40. The van der Waals surface area contributed by atoms with Crippen LogP contribution in [0.15, 0.2) is 48.5 Å². The summed E-state index contributed by atoms with van der Waals surface area (Å²) >= 11 is 5.97. The number of amides is 2. The van der Waals surface area contributed by atoms with Gasteiger partial charge >= 0.3 is 6.03 Å². The van der Waals surface area contributed by atoms with E-state index in [1.54, 1.807) is 7.11 Å². The fourth-order valence-electron chi connectivity index (χ4n) is 3.05. The molecule has 2 aromatic carbocycles. The molecule has 2 atom stereocenters. The highest BCUT2D eigenvalue weighted by Crippen LogP contribution is 2.41. The lowest BCUT2D eigenvalue weighted by Gasteiger charge is -2.22. The molecule has 2 amide bonds. The average Bonchev–Trinajstić information content (AvgIpc) is 3.45. The fourth-order valence-corrected chi connectivity index (χ4v) is 3.18. The Bertz CT molecular complexity index is 729. The Morgan fingerprint density at radius 1 is 1.12 bits per heavy atom. The minimum Gasteiger partial charge on any atom is -0.496 e. The van der Waals surface area contributed by atoms with Gasteiger partial charge in [0, 0.05) is 10.6 Å². The van der Waals surface area contributed by atoms with E-state index in [9.17, 15) is 4.79 Å². The number of hydrogen-bond acceptors (Lipinski definition) is 2. The van der Waals surface area contributed by atoms with Crippen LogP contribution in [-0.4, -0.2) is 13.1 Å². The molecule has 3 rings (SSSR count). The van der Waals surface area contributed by atoms with Crippen LogP contribution in [0.25, 0.3) is 0 Å². The normalized spacial score (nSPS) is 16.0. The minimum atomic E-state index is -0.176. The van der Waals surface area contributed by atoms with Gasteiger partial charge in [0.1, 0.15) is 5.75 Å². The van der Waals surface area contributed by atoms with E-state index < -0.39 is 0 Å². The molecule has 2 N–H and O–H groups in total. The van der Waals surface area contributed by atoms with Gasteiger partial charge in [-0.05, 0) is 49.4 Å². The maximum Gasteiger partial charge on any atom is 0.315 e. The van der Waals surface area contributed by atoms with Crippen molar-refractivity contribution >= 4 is 17.6 Å². The molecular formula is C20H23ClN2O2. The summed E-state index contributed by atoms with van der Waals surface area (Å²) in [5.41, 5.74) is 2.04. The van der Waals surface area contributed by atoms with Crippen LogP contribution in [0.2, 0.25) is 5.02 Å². The summed E-state index contributed by atoms with van der Waals surface area (Å²) < 4.78 is 5.37. The van der Waals surface area contributed by atoms with Gasteiger partial charge in [0.25, 0.3) is 0 Å². The zero-order valence-corrected chi connectivity index (χ0v) is 15.2. The summed E-state index contributed by atoms with van der Waals surface area (Å²) in [7, 11) is 1.63. The second-order valence-corrected chi connectivity index (χ2v) is 6.88. The minimum absolute atomic E-state index is 0.0159. The lowest BCUT2D eigenvalue weighted by atomic mass is 10.0. The Hall–Kier alpha value is -2.20. The zero-order chi connectivity index (χ0) is 17.8. The number of halogens is 1. The standard InChI is InChI=1S/C20H23ClN2O2/c1-13(17-5-3-4-6-18(17)25-2)22-20(24)23-19(14-7-8-14)15-9-11-16(21)12-10-15/h3-6,9-14,19H,7-8H2,1-2H3,(H2,22,23,24)/t13-,19+/m0/s1. The van der Waals surface area contributed by atoms with Gasteiger partial charge in [-0.3, -0.25) is 0 Å². The molecule has 0 heterocycles. The number of nitrogens with one attached hydrogen (secondary N) is 2. The number of ether oxygens (including phenoxy) is 1. The molecule has 0 aliphatic heterocycles. The third-order valence-corrected chi connectivity index (χ3v) is 4.81. The number of rotatable bonds is 6. The van der Waals surface area contributed by atoms with Crippen molar-refractivity contribution in [2.75, 3.05) is 7.11 Å². The predicted octanol–water partition coefficient (Wildman–Crippen LogP) is 4.86. The van der Waals surface area contributed by atoms with E-state index >= 15 is 0 Å². The fraction of sp³-hybridized carbons (Fsp3) is 0.350. The zero-order valence-electron chi connectivity index (χ0n) is 14.5. The van der Waals surface area contributed by atoms with Crippen molar-refractivity contribution in [2.24, 2.45) is 5.92 Å². The highest BCUT2D eigenvalue weighted by atomic mass is 35.5. The summed E-state index contributed by atoms with van der Waals surface area (Å²) in [5.74, 6) is 1.26. The van der Waals surface area contributed by atoms with Crippen LogP contribution in [0.3, 0.4) is 0 Å². The number of hydrogen-bond donors (Lipinski definition) is 2. The summed E-state index contributed by atoms with van der Waals surface area (Å²) in [6.45, 7) is 1.95. The van der Waals surface area contributed by atoms with E-state index in [4.69, 9.17) is 16.3 Å². The van der Waals surface area contributed by atoms with Gasteiger partial charge in [-0.25, -0.2) is 4.79 Å². The molecule has 1 saturated carbocycles. The molecular weight excluding hydrogens is 336 g/mol. The van der Waals surface area contributed by atoms with Crippen molar-refractivity contribution in [1.82, 2.24) is 10.6 Å². The first-order valence-corrected chi connectivity index (χ1v) is 8.91. The number of carbonyl (C=O) groups is 1. The van der Waals surface area contributed by atoms with Crippen LogP contribution < -0.4 is 15.4 Å². The van der Waals surface area contributed by atoms with Crippen molar-refractivity contribution in [3.63, 3.8) is 0 Å². The first kappa shape index (κ1) is 17.6. The van der Waals surface area contributed by atoms with Crippen molar-refractivity contribution in [1.29, 1.82) is 0 Å². The Balaban J connectivity index is 1.67. The number of urea groups is 1. The van der Waals surface area contributed by atoms with Crippen molar-refractivity contribution < 1.29 is 9.53 Å². The van der Waals surface area contributed by atoms with Gasteiger partial charge < -0.3 is 15.4 Å². The summed E-state index contributed by atoms with van der Waals surface area (Å²) in [6, 6.07) is 15.1. The second-order valence-electron chi connectivity index (χ2n) is 6.45. The SMILES string of the molecule is COc1ccccc1[C@H](C)NC(=O)N[C@@H](c1ccc(Cl)cc1)C1CC1. The highest BCUT2D eigenvalue weighted by molar-refractivity contribution is 6.30. The Labute approximate surface area is 153 Å². The molecule has 25 heavy (non-hydrogen) atoms. The van der Waals surface area contributed by atoms with Gasteiger partial charge in [-0.2, -0.15) is 0 Å². The van der Waals surface area contributed by atoms with Crippen molar-refractivity contribution in [3.8, 4) is 5.75 Å². The first-order chi connectivity index (χ1) is 12.1. The second kappa shape index (κ2) is 7.79. The van der Waals surface area contributed by atoms with Gasteiger partial charge in [-0.15, -0.1) is 0 Å². The molecule has 0 saturated heterocycles. The number of carbonyl (C=O) groups excluding carboxylic acids is 1. The monoisotopic (exact) mass is 358 g/mol.